The van der Waals surface area contributed by atoms with E-state index in [9.17, 15) is 0 Å². The predicted octanol–water partition coefficient (Wildman–Crippen LogP) is -0.106. The molecule has 0 bridgehead atoms. The fraction of sp³-hybridized carbons (Fsp3) is 1.00. The summed E-state index contributed by atoms with van der Waals surface area (Å²) < 4.78 is 0. The van der Waals surface area contributed by atoms with E-state index in [1.54, 1.807) is 0 Å². The van der Waals surface area contributed by atoms with Crippen LogP contribution in [0.5, 0.6) is 0 Å². The van der Waals surface area contributed by atoms with Crippen LogP contribution in [0.4, 0.5) is 0 Å². The molecule has 0 unspecified atom stereocenters. The predicted molar refractivity (Wildman–Crippen MR) is 33.2 cm³/mol. The molecule has 0 spiro atoms. The van der Waals surface area contributed by atoms with Gasteiger partial charge in [0.1, 0.15) is 0 Å². The number of hydrogen-bond acceptors (Lipinski definition) is 1. The zero-order chi connectivity index (χ0) is 3.41. The van der Waals surface area contributed by atoms with Crippen LogP contribution in [0.15, 0.2) is 0 Å². The van der Waals surface area contributed by atoms with Crippen molar-refractivity contribution in [2.75, 3.05) is 6.61 Å². The molecule has 0 rings (SSSR count). The molecule has 3 heteroatoms. The molecular weight excluding hydrogens is 206 g/mol. The molecule has 0 aliphatic heterocycles. The van der Waals surface area contributed by atoms with E-state index in [-0.39, 0.29) is 36.3 Å². The topological polar surface area (TPSA) is 20.2 Å². The molecule has 0 atom stereocenters. The first-order chi connectivity index (χ1) is 1.91. The second kappa shape index (κ2) is 16.6. The summed E-state index contributed by atoms with van der Waals surface area (Å²) in [7, 11) is 0. The van der Waals surface area contributed by atoms with E-state index < -0.39 is 0 Å². The van der Waals surface area contributed by atoms with E-state index >= 15 is 0 Å². The fourth-order valence-electron chi connectivity index (χ4n) is 0. The summed E-state index contributed by atoms with van der Waals surface area (Å²) in [5, 5.41) is 7.88. The SMILES string of the molecule is CCCO.Cl.[SnH2]. The van der Waals surface area contributed by atoms with Gasteiger partial charge in [0.2, 0.25) is 0 Å². The van der Waals surface area contributed by atoms with E-state index in [0.29, 0.717) is 6.61 Å². The minimum absolute atomic E-state index is 0. The molecule has 2 radical (unpaired) electrons. The molecule has 1 N–H and O–H groups in total. The summed E-state index contributed by atoms with van der Waals surface area (Å²) in [4.78, 5) is 0. The average Bonchev–Trinajstić information content (AvgIpc) is 1.37. The van der Waals surface area contributed by atoms with Gasteiger partial charge in [-0.05, 0) is 6.42 Å². The summed E-state index contributed by atoms with van der Waals surface area (Å²) >= 11 is 0. The van der Waals surface area contributed by atoms with E-state index in [0.717, 1.165) is 6.42 Å². The van der Waals surface area contributed by atoms with Gasteiger partial charge in [-0.25, -0.2) is 0 Å². The molecule has 0 fully saturated rings. The molecule has 6 heavy (non-hydrogen) atoms. The van der Waals surface area contributed by atoms with Crippen molar-refractivity contribution < 1.29 is 5.11 Å². The van der Waals surface area contributed by atoms with Crippen LogP contribution in [0.1, 0.15) is 13.3 Å². The van der Waals surface area contributed by atoms with Gasteiger partial charge in [-0.1, -0.05) is 6.92 Å². The van der Waals surface area contributed by atoms with Gasteiger partial charge in [-0.15, -0.1) is 12.4 Å². The van der Waals surface area contributed by atoms with Crippen molar-refractivity contribution in [3.63, 3.8) is 0 Å². The van der Waals surface area contributed by atoms with Gasteiger partial charge < -0.3 is 5.11 Å². The summed E-state index contributed by atoms with van der Waals surface area (Å²) in [5.41, 5.74) is 0. The van der Waals surface area contributed by atoms with Gasteiger partial charge in [0.15, 0.2) is 0 Å². The van der Waals surface area contributed by atoms with Crippen molar-refractivity contribution >= 4 is 36.3 Å². The molecule has 0 saturated heterocycles. The molecule has 1 nitrogen and oxygen atoms in total. The second-order valence-corrected chi connectivity index (χ2v) is 0.724. The first-order valence-corrected chi connectivity index (χ1v) is 1.52. The fourth-order valence-corrected chi connectivity index (χ4v) is 0. The van der Waals surface area contributed by atoms with Crippen LogP contribution >= 0.6 is 12.4 Å². The molecular formula is C3H11ClOSn. The Morgan fingerprint density at radius 3 is 1.67 bits per heavy atom. The van der Waals surface area contributed by atoms with E-state index in [1.807, 2.05) is 6.92 Å². The van der Waals surface area contributed by atoms with Gasteiger partial charge >= 0.3 is 23.9 Å². The number of halogens is 1. The number of aliphatic hydroxyl groups is 1. The molecule has 0 aliphatic rings. The van der Waals surface area contributed by atoms with Gasteiger partial charge in [0, 0.05) is 6.61 Å². The average molecular weight is 217 g/mol. The normalized spacial score (nSPS) is 5.00. The maximum absolute atomic E-state index is 7.88. The maximum atomic E-state index is 7.88. The molecule has 0 aromatic rings. The number of rotatable bonds is 1. The molecule has 0 aromatic carbocycles. The number of hydrogen-bond donors (Lipinski definition) is 1. The van der Waals surface area contributed by atoms with Crippen molar-refractivity contribution in [3.8, 4) is 0 Å². The Kier molecular flexibility index (Phi) is 43.5. The Balaban J connectivity index is -0.0000000450. The Labute approximate surface area is 61.5 Å². The molecule has 0 aromatic heterocycles. The summed E-state index contributed by atoms with van der Waals surface area (Å²) in [6.07, 6.45) is 0.875. The molecule has 0 aliphatic carbocycles. The molecule has 40 valence electrons. The van der Waals surface area contributed by atoms with Crippen LogP contribution in [0.25, 0.3) is 0 Å². The van der Waals surface area contributed by atoms with Crippen LogP contribution in [0, 0.1) is 0 Å². The Bertz CT molecular complexity index is 12.8. The first-order valence-electron chi connectivity index (χ1n) is 1.52. The zero-order valence-electron chi connectivity index (χ0n) is 3.98. The molecule has 0 heterocycles. The van der Waals surface area contributed by atoms with E-state index in [4.69, 9.17) is 5.11 Å². The van der Waals surface area contributed by atoms with E-state index in [1.165, 1.54) is 0 Å². The number of aliphatic hydroxyl groups excluding tert-OH is 1. The van der Waals surface area contributed by atoms with Gasteiger partial charge in [-0.3, -0.25) is 0 Å². The second-order valence-electron chi connectivity index (χ2n) is 0.724. The van der Waals surface area contributed by atoms with Crippen LogP contribution in [0.3, 0.4) is 0 Å². The summed E-state index contributed by atoms with van der Waals surface area (Å²) in [6.45, 7) is 2.25. The third-order valence-corrected chi connectivity index (χ3v) is 0.224. The molecule has 0 saturated carbocycles. The Morgan fingerprint density at radius 2 is 1.67 bits per heavy atom. The third kappa shape index (κ3) is 19.7. The molecule has 0 amide bonds. The van der Waals surface area contributed by atoms with Crippen LogP contribution in [-0.2, 0) is 0 Å². The Morgan fingerprint density at radius 1 is 1.50 bits per heavy atom. The third-order valence-electron chi connectivity index (χ3n) is 0.224. The zero-order valence-corrected chi connectivity index (χ0v) is 8.83. The Hall–Kier alpha value is 1.05. The van der Waals surface area contributed by atoms with Crippen LogP contribution in [-0.4, -0.2) is 35.6 Å². The van der Waals surface area contributed by atoms with Crippen LogP contribution in [0.2, 0.25) is 0 Å². The minimum atomic E-state index is 0. The van der Waals surface area contributed by atoms with Crippen molar-refractivity contribution in [1.29, 1.82) is 0 Å². The quantitative estimate of drug-likeness (QED) is 0.608. The van der Waals surface area contributed by atoms with E-state index in [2.05, 4.69) is 0 Å². The van der Waals surface area contributed by atoms with Gasteiger partial charge in [0.25, 0.3) is 0 Å². The van der Waals surface area contributed by atoms with Gasteiger partial charge in [0.05, 0.1) is 0 Å². The van der Waals surface area contributed by atoms with Crippen LogP contribution < -0.4 is 0 Å². The van der Waals surface area contributed by atoms with Gasteiger partial charge in [-0.2, -0.15) is 0 Å². The standard InChI is InChI=1S/C3H8O.ClH.Sn.2H/c1-2-3-4;;;;/h4H,2-3H2,1H3;1H;;;. The van der Waals surface area contributed by atoms with Crippen molar-refractivity contribution in [3.05, 3.63) is 0 Å². The first kappa shape index (κ1) is 15.7. The van der Waals surface area contributed by atoms with Crippen molar-refractivity contribution in [2.45, 2.75) is 13.3 Å². The van der Waals surface area contributed by atoms with Crippen molar-refractivity contribution in [1.82, 2.24) is 0 Å². The summed E-state index contributed by atoms with van der Waals surface area (Å²) in [6, 6.07) is 0. The van der Waals surface area contributed by atoms with Crippen molar-refractivity contribution in [2.24, 2.45) is 0 Å². The monoisotopic (exact) mass is 218 g/mol. The summed E-state index contributed by atoms with van der Waals surface area (Å²) in [5.74, 6) is 0.